The zero-order chi connectivity index (χ0) is 43.4. The van der Waals surface area contributed by atoms with Crippen LogP contribution in [0.3, 0.4) is 0 Å². The van der Waals surface area contributed by atoms with E-state index in [-0.39, 0.29) is 24.0 Å². The summed E-state index contributed by atoms with van der Waals surface area (Å²) >= 11 is 0. The summed E-state index contributed by atoms with van der Waals surface area (Å²) in [4.78, 5) is 39.1. The van der Waals surface area contributed by atoms with Crippen LogP contribution in [0.1, 0.15) is 209 Å². The lowest BCUT2D eigenvalue weighted by atomic mass is 9.88. The van der Waals surface area contributed by atoms with Gasteiger partial charge in [-0.15, -0.1) is 0 Å². The molecule has 0 rings (SSSR count). The summed E-state index contributed by atoms with van der Waals surface area (Å²) in [5.74, 6) is 2.83. The Balaban J connectivity index is 4.20. The second-order valence-electron chi connectivity index (χ2n) is 19.1. The Morgan fingerprint density at radius 2 is 0.828 bits per heavy atom. The van der Waals surface area contributed by atoms with E-state index in [4.69, 9.17) is 14.2 Å². The SMILES string of the molecule is CC(C)CCC(C=CC(=O)OCCCCCCCCCCC(CCCCCCCCCCOC(=O)C=CC(CCC(C)C)C(C)C)OC(=O)CCCN(C)C)C(C)C. The van der Waals surface area contributed by atoms with Gasteiger partial charge in [0.25, 0.3) is 0 Å². The highest BCUT2D eigenvalue weighted by Gasteiger charge is 2.15. The molecule has 0 aromatic heterocycles. The van der Waals surface area contributed by atoms with E-state index in [1.54, 1.807) is 12.2 Å². The summed E-state index contributed by atoms with van der Waals surface area (Å²) in [5.41, 5.74) is 0. The maximum atomic E-state index is 12.6. The van der Waals surface area contributed by atoms with Crippen molar-refractivity contribution in [1.29, 1.82) is 0 Å². The first-order valence-corrected chi connectivity index (χ1v) is 24.2. The number of ether oxygens (including phenoxy) is 3. The third-order valence-corrected chi connectivity index (χ3v) is 11.4. The van der Waals surface area contributed by atoms with Crippen LogP contribution in [0.2, 0.25) is 0 Å². The summed E-state index contributed by atoms with van der Waals surface area (Å²) in [6, 6.07) is 0. The second kappa shape index (κ2) is 37.8. The molecule has 0 spiro atoms. The van der Waals surface area contributed by atoms with Crippen molar-refractivity contribution in [2.24, 2.45) is 35.5 Å². The lowest BCUT2D eigenvalue weighted by Crippen LogP contribution is -2.20. The standard InChI is InChI=1S/C51H95NO6/c1-42(2)31-33-46(44(5)6)35-37-49(53)56-40-25-21-17-13-11-15-19-23-28-48(58-51(55)30-27-39-52(9)10)29-24-20-16-12-14-18-22-26-41-57-50(54)38-36-47(45(7)8)34-32-43(3)4/h35-38,42-48H,11-34,39-41H2,1-10H3. The number of esters is 3. The van der Waals surface area contributed by atoms with Crippen molar-refractivity contribution < 1.29 is 28.6 Å². The van der Waals surface area contributed by atoms with E-state index >= 15 is 0 Å². The van der Waals surface area contributed by atoms with Crippen LogP contribution in [-0.4, -0.2) is 62.8 Å². The predicted molar refractivity (Wildman–Crippen MR) is 246 cm³/mol. The maximum Gasteiger partial charge on any atom is 0.330 e. The molecule has 0 bridgehead atoms. The molecule has 0 aliphatic carbocycles. The number of rotatable bonds is 39. The maximum absolute atomic E-state index is 12.6. The topological polar surface area (TPSA) is 82.1 Å². The van der Waals surface area contributed by atoms with Crippen molar-refractivity contribution in [3.8, 4) is 0 Å². The zero-order valence-corrected chi connectivity index (χ0v) is 39.8. The van der Waals surface area contributed by atoms with Gasteiger partial charge in [0.2, 0.25) is 0 Å². The monoisotopic (exact) mass is 818 g/mol. The van der Waals surface area contributed by atoms with E-state index in [0.717, 1.165) is 77.2 Å². The highest BCUT2D eigenvalue weighted by Crippen LogP contribution is 2.23. The van der Waals surface area contributed by atoms with Crippen LogP contribution >= 0.6 is 0 Å². The largest absolute Gasteiger partial charge is 0.463 e. The summed E-state index contributed by atoms with van der Waals surface area (Å²) in [6.45, 7) is 19.8. The Labute approximate surface area is 359 Å². The fourth-order valence-corrected chi connectivity index (χ4v) is 7.32. The minimum Gasteiger partial charge on any atom is -0.463 e. The summed E-state index contributed by atoms with van der Waals surface area (Å²) in [7, 11) is 4.08. The van der Waals surface area contributed by atoms with Crippen LogP contribution in [0.15, 0.2) is 24.3 Å². The number of hydrogen-bond acceptors (Lipinski definition) is 7. The Bertz CT molecular complexity index is 980. The third kappa shape index (κ3) is 36.9. The molecule has 0 amide bonds. The van der Waals surface area contributed by atoms with E-state index in [2.05, 4.69) is 72.4 Å². The van der Waals surface area contributed by atoms with Crippen molar-refractivity contribution in [3.63, 3.8) is 0 Å². The molecule has 7 nitrogen and oxygen atoms in total. The van der Waals surface area contributed by atoms with E-state index in [0.29, 0.717) is 55.1 Å². The summed E-state index contributed by atoms with van der Waals surface area (Å²) < 4.78 is 16.9. The van der Waals surface area contributed by atoms with Crippen molar-refractivity contribution in [1.82, 2.24) is 4.90 Å². The van der Waals surface area contributed by atoms with Gasteiger partial charge in [-0.1, -0.05) is 157 Å². The van der Waals surface area contributed by atoms with Crippen LogP contribution in [0.4, 0.5) is 0 Å². The molecule has 0 radical (unpaired) electrons. The number of unbranched alkanes of at least 4 members (excludes halogenated alkanes) is 14. The van der Waals surface area contributed by atoms with Gasteiger partial charge in [-0.25, -0.2) is 9.59 Å². The van der Waals surface area contributed by atoms with Gasteiger partial charge in [0.05, 0.1) is 13.2 Å². The van der Waals surface area contributed by atoms with Gasteiger partial charge >= 0.3 is 17.9 Å². The van der Waals surface area contributed by atoms with Crippen LogP contribution in [-0.2, 0) is 28.6 Å². The lowest BCUT2D eigenvalue weighted by molar-refractivity contribution is -0.150. The van der Waals surface area contributed by atoms with E-state index < -0.39 is 0 Å². The van der Waals surface area contributed by atoms with Crippen molar-refractivity contribution in [2.45, 2.75) is 216 Å². The molecule has 0 N–H and O–H groups in total. The molecule has 2 unspecified atom stereocenters. The molecule has 0 fully saturated rings. The number of carbonyl (C=O) groups is 3. The minimum atomic E-state index is -0.205. The van der Waals surface area contributed by atoms with Gasteiger partial charge in [0.15, 0.2) is 0 Å². The van der Waals surface area contributed by atoms with Crippen LogP contribution < -0.4 is 0 Å². The Kier molecular flexibility index (Phi) is 36.4. The van der Waals surface area contributed by atoms with Gasteiger partial charge in [-0.2, -0.15) is 0 Å². The van der Waals surface area contributed by atoms with Crippen LogP contribution in [0.5, 0.6) is 0 Å². The number of hydrogen-bond donors (Lipinski definition) is 0. The first-order valence-electron chi connectivity index (χ1n) is 24.2. The smallest absolute Gasteiger partial charge is 0.330 e. The lowest BCUT2D eigenvalue weighted by Gasteiger charge is -2.18. The number of allylic oxidation sites excluding steroid dienone is 2. The highest BCUT2D eigenvalue weighted by molar-refractivity contribution is 5.82. The van der Waals surface area contributed by atoms with Crippen LogP contribution in [0, 0.1) is 35.5 Å². The predicted octanol–water partition coefficient (Wildman–Crippen LogP) is 13.9. The third-order valence-electron chi connectivity index (χ3n) is 11.4. The fraction of sp³-hybridized carbons (Fsp3) is 0.863. The molecule has 7 heteroatoms. The first kappa shape index (κ1) is 55.9. The molecule has 58 heavy (non-hydrogen) atoms. The molecule has 0 aliphatic heterocycles. The summed E-state index contributed by atoms with van der Waals surface area (Å²) in [6.07, 6.45) is 33.6. The molecule has 0 heterocycles. The molecule has 0 aliphatic rings. The fourth-order valence-electron chi connectivity index (χ4n) is 7.32. The summed E-state index contributed by atoms with van der Waals surface area (Å²) in [5, 5.41) is 0. The van der Waals surface area contributed by atoms with Gasteiger partial charge < -0.3 is 19.1 Å². The highest BCUT2D eigenvalue weighted by atomic mass is 16.5. The van der Waals surface area contributed by atoms with Gasteiger partial charge in [-0.05, 0) is 114 Å². The molecule has 0 saturated heterocycles. The number of nitrogens with zero attached hydrogens (tertiary/aromatic N) is 1. The van der Waals surface area contributed by atoms with Crippen molar-refractivity contribution >= 4 is 17.9 Å². The molecule has 2 atom stereocenters. The normalized spacial score (nSPS) is 13.8. The Morgan fingerprint density at radius 1 is 0.466 bits per heavy atom. The van der Waals surface area contributed by atoms with E-state index in [1.807, 2.05) is 14.1 Å². The molecular formula is C51H95NO6. The molecule has 0 aromatic rings. The van der Waals surface area contributed by atoms with E-state index in [9.17, 15) is 14.4 Å². The van der Waals surface area contributed by atoms with Gasteiger partial charge in [-0.3, -0.25) is 4.79 Å². The van der Waals surface area contributed by atoms with Crippen LogP contribution in [0.25, 0.3) is 0 Å². The molecule has 0 saturated carbocycles. The Morgan fingerprint density at radius 3 is 1.17 bits per heavy atom. The van der Waals surface area contributed by atoms with Crippen molar-refractivity contribution in [3.05, 3.63) is 24.3 Å². The van der Waals surface area contributed by atoms with E-state index in [1.165, 1.54) is 77.0 Å². The minimum absolute atomic E-state index is 0.0366. The molecular weight excluding hydrogens is 723 g/mol. The van der Waals surface area contributed by atoms with Gasteiger partial charge in [0, 0.05) is 18.6 Å². The first-order chi connectivity index (χ1) is 27.7. The average molecular weight is 818 g/mol. The Hall–Kier alpha value is -2.15. The molecule has 340 valence electrons. The quantitative estimate of drug-likeness (QED) is 0.0264. The second-order valence-corrected chi connectivity index (χ2v) is 19.1. The average Bonchev–Trinajstić information content (AvgIpc) is 3.14. The van der Waals surface area contributed by atoms with Gasteiger partial charge in [0.1, 0.15) is 6.10 Å². The van der Waals surface area contributed by atoms with Crippen molar-refractivity contribution in [2.75, 3.05) is 33.9 Å². The zero-order valence-electron chi connectivity index (χ0n) is 39.8. The number of carbonyl (C=O) groups excluding carboxylic acids is 3. The molecule has 0 aromatic carbocycles.